The normalized spacial score (nSPS) is 14.7. The Morgan fingerprint density at radius 1 is 1.06 bits per heavy atom. The van der Waals surface area contributed by atoms with Gasteiger partial charge < -0.3 is 9.47 Å². The van der Waals surface area contributed by atoms with Crippen molar-refractivity contribution in [1.82, 2.24) is 9.55 Å². The first-order chi connectivity index (χ1) is 16.8. The summed E-state index contributed by atoms with van der Waals surface area (Å²) < 4.78 is 41.9. The monoisotopic (exact) mass is 495 g/mol. The summed E-state index contributed by atoms with van der Waals surface area (Å²) in [6.07, 6.45) is -2.61. The molecule has 8 heteroatoms. The molecule has 1 aromatic heterocycles. The van der Waals surface area contributed by atoms with E-state index in [0.717, 1.165) is 41.8 Å². The maximum atomic E-state index is 13.5. The molecular weight excluding hydrogens is 471 g/mol. The van der Waals surface area contributed by atoms with Crippen LogP contribution in [0.3, 0.4) is 0 Å². The maximum absolute atomic E-state index is 13.5. The fourth-order valence-corrected chi connectivity index (χ4v) is 5.47. The summed E-state index contributed by atoms with van der Waals surface area (Å²) in [5.74, 6) is -0.0311. The number of aryl methyl sites for hydroxylation is 1. The Morgan fingerprint density at radius 3 is 2.57 bits per heavy atom. The van der Waals surface area contributed by atoms with Crippen molar-refractivity contribution in [2.45, 2.75) is 42.9 Å². The Morgan fingerprint density at radius 2 is 1.80 bits per heavy atom. The van der Waals surface area contributed by atoms with Gasteiger partial charge in [0.25, 0.3) is 0 Å². The molecule has 1 aliphatic rings. The quantitative estimate of drug-likeness (QED) is 0.294. The standard InChI is InChI=1S/C27H24F3N3OS/c1-18(25(34)32-15-7-11-20-10-5-6-12-23(20)32)35-26-31-22-16-21(27(28,29)30)13-14-24(22)33(26)17-19-8-3-2-4-9-19/h2-6,8-10,12-14,16,18H,7,11,15,17H2,1H3/t18-/m0/s1. The van der Waals surface area contributed by atoms with Crippen molar-refractivity contribution in [1.29, 1.82) is 0 Å². The number of anilines is 1. The summed E-state index contributed by atoms with van der Waals surface area (Å²) in [5.41, 5.74) is 3.22. The average molecular weight is 496 g/mol. The van der Waals surface area contributed by atoms with Gasteiger partial charge in [-0.1, -0.05) is 60.3 Å². The number of hydrogen-bond donors (Lipinski definition) is 0. The predicted molar refractivity (Wildman–Crippen MR) is 133 cm³/mol. The molecular formula is C27H24F3N3OS. The Kier molecular flexibility index (Phi) is 6.32. The summed E-state index contributed by atoms with van der Waals surface area (Å²) in [7, 11) is 0. The number of carbonyl (C=O) groups is 1. The lowest BCUT2D eigenvalue weighted by Gasteiger charge is -2.31. The Balaban J connectivity index is 1.49. The summed E-state index contributed by atoms with van der Waals surface area (Å²) in [5, 5.41) is 0.0592. The minimum atomic E-state index is -4.45. The SMILES string of the molecule is C[C@H](Sc1nc2cc(C(F)(F)F)ccc2n1Cc1ccccc1)C(=O)N1CCCc2ccccc21. The third-order valence-corrected chi connectivity index (χ3v) is 7.31. The molecule has 0 saturated carbocycles. The number of hydrogen-bond acceptors (Lipinski definition) is 3. The molecule has 3 aromatic carbocycles. The van der Waals surface area contributed by atoms with Crippen molar-refractivity contribution in [3.05, 3.63) is 89.5 Å². The number of aromatic nitrogens is 2. The highest BCUT2D eigenvalue weighted by Crippen LogP contribution is 2.35. The molecule has 1 amide bonds. The molecule has 0 saturated heterocycles. The van der Waals surface area contributed by atoms with Crippen molar-refractivity contribution in [2.75, 3.05) is 11.4 Å². The number of benzene rings is 3. The zero-order valence-corrected chi connectivity index (χ0v) is 19.9. The molecule has 0 fully saturated rings. The molecule has 35 heavy (non-hydrogen) atoms. The highest BCUT2D eigenvalue weighted by atomic mass is 32.2. The first kappa shape index (κ1) is 23.5. The lowest BCUT2D eigenvalue weighted by Crippen LogP contribution is -2.40. The van der Waals surface area contributed by atoms with Crippen molar-refractivity contribution in [3.63, 3.8) is 0 Å². The number of imidazole rings is 1. The fourth-order valence-electron chi connectivity index (χ4n) is 4.48. The van der Waals surface area contributed by atoms with E-state index in [-0.39, 0.29) is 11.4 Å². The lowest BCUT2D eigenvalue weighted by atomic mass is 10.0. The van der Waals surface area contributed by atoms with Crippen molar-refractivity contribution >= 4 is 34.4 Å². The maximum Gasteiger partial charge on any atom is 0.416 e. The summed E-state index contributed by atoms with van der Waals surface area (Å²) in [6, 6.07) is 21.2. The molecule has 180 valence electrons. The molecule has 1 atom stereocenters. The first-order valence-electron chi connectivity index (χ1n) is 11.5. The van der Waals surface area contributed by atoms with E-state index in [4.69, 9.17) is 0 Å². The van der Waals surface area contributed by atoms with Crippen LogP contribution in [0.25, 0.3) is 11.0 Å². The van der Waals surface area contributed by atoms with Crippen LogP contribution in [-0.2, 0) is 23.9 Å². The lowest BCUT2D eigenvalue weighted by molar-refractivity contribution is -0.137. The molecule has 5 rings (SSSR count). The van der Waals surface area contributed by atoms with Crippen LogP contribution < -0.4 is 4.90 Å². The topological polar surface area (TPSA) is 38.1 Å². The summed E-state index contributed by atoms with van der Waals surface area (Å²) >= 11 is 1.28. The van der Waals surface area contributed by atoms with Gasteiger partial charge in [0.05, 0.1) is 28.4 Å². The van der Waals surface area contributed by atoms with Crippen molar-refractivity contribution in [3.8, 4) is 0 Å². The molecule has 0 N–H and O–H groups in total. The van der Waals surface area contributed by atoms with Gasteiger partial charge in [-0.15, -0.1) is 0 Å². The van der Waals surface area contributed by atoms with Gasteiger partial charge in [0.2, 0.25) is 5.91 Å². The smallest absolute Gasteiger partial charge is 0.314 e. The molecule has 0 bridgehead atoms. The Hall–Kier alpha value is -3.26. The number of carbonyl (C=O) groups excluding carboxylic acids is 1. The molecule has 0 spiro atoms. The van der Waals surface area contributed by atoms with E-state index in [1.165, 1.54) is 17.8 Å². The van der Waals surface area contributed by atoms with Crippen LogP contribution in [0, 0.1) is 0 Å². The van der Waals surface area contributed by atoms with Crippen LogP contribution in [0.4, 0.5) is 18.9 Å². The molecule has 0 aliphatic carbocycles. The second-order valence-corrected chi connectivity index (χ2v) is 9.96. The molecule has 0 radical (unpaired) electrons. The summed E-state index contributed by atoms with van der Waals surface area (Å²) in [4.78, 5) is 19.8. The highest BCUT2D eigenvalue weighted by Gasteiger charge is 2.32. The van der Waals surface area contributed by atoms with Crippen molar-refractivity contribution < 1.29 is 18.0 Å². The number of rotatable bonds is 5. The molecule has 0 unspecified atom stereocenters. The minimum Gasteiger partial charge on any atom is -0.314 e. The minimum absolute atomic E-state index is 0.0311. The highest BCUT2D eigenvalue weighted by molar-refractivity contribution is 8.00. The van der Waals surface area contributed by atoms with Crippen LogP contribution in [-0.4, -0.2) is 27.3 Å². The zero-order chi connectivity index (χ0) is 24.6. The number of halogens is 3. The zero-order valence-electron chi connectivity index (χ0n) is 19.1. The van der Waals surface area contributed by atoms with E-state index >= 15 is 0 Å². The van der Waals surface area contributed by atoms with Gasteiger partial charge in [-0.3, -0.25) is 4.79 Å². The Labute approximate surface area is 205 Å². The van der Waals surface area contributed by atoms with Crippen LogP contribution in [0.2, 0.25) is 0 Å². The van der Waals surface area contributed by atoms with Crippen LogP contribution in [0.5, 0.6) is 0 Å². The predicted octanol–water partition coefficient (Wildman–Crippen LogP) is 6.56. The third kappa shape index (κ3) is 4.80. The first-order valence-corrected chi connectivity index (χ1v) is 12.4. The largest absolute Gasteiger partial charge is 0.416 e. The van der Waals surface area contributed by atoms with E-state index in [9.17, 15) is 18.0 Å². The van der Waals surface area contributed by atoms with E-state index in [1.54, 1.807) is 0 Å². The fraction of sp³-hybridized carbons (Fsp3) is 0.259. The van der Waals surface area contributed by atoms with E-state index in [1.807, 2.05) is 71.0 Å². The number of alkyl halides is 3. The number of nitrogens with zero attached hydrogens (tertiary/aromatic N) is 3. The Bertz CT molecular complexity index is 1370. The molecule has 4 nitrogen and oxygen atoms in total. The van der Waals surface area contributed by atoms with Gasteiger partial charge in [-0.25, -0.2) is 4.98 Å². The average Bonchev–Trinajstić information content (AvgIpc) is 3.19. The van der Waals surface area contributed by atoms with Gasteiger partial charge in [-0.05, 0) is 55.2 Å². The number of para-hydroxylation sites is 1. The number of fused-ring (bicyclic) bond motifs is 2. The van der Waals surface area contributed by atoms with E-state index in [0.29, 0.717) is 23.8 Å². The third-order valence-electron chi connectivity index (χ3n) is 6.23. The van der Waals surface area contributed by atoms with Gasteiger partial charge in [0.1, 0.15) is 0 Å². The number of thioether (sulfide) groups is 1. The van der Waals surface area contributed by atoms with Crippen molar-refractivity contribution in [2.24, 2.45) is 0 Å². The van der Waals surface area contributed by atoms with Crippen LogP contribution >= 0.6 is 11.8 Å². The van der Waals surface area contributed by atoms with Gasteiger partial charge in [-0.2, -0.15) is 13.2 Å². The van der Waals surface area contributed by atoms with Gasteiger partial charge in [0, 0.05) is 12.2 Å². The summed E-state index contributed by atoms with van der Waals surface area (Å²) in [6.45, 7) is 2.92. The molecule has 1 aliphatic heterocycles. The molecule has 4 aromatic rings. The van der Waals surface area contributed by atoms with Gasteiger partial charge >= 0.3 is 6.18 Å². The van der Waals surface area contributed by atoms with Crippen LogP contribution in [0.15, 0.2) is 78.0 Å². The van der Waals surface area contributed by atoms with Gasteiger partial charge in [0.15, 0.2) is 5.16 Å². The van der Waals surface area contributed by atoms with Crippen LogP contribution in [0.1, 0.15) is 30.0 Å². The molecule has 2 heterocycles. The second kappa shape index (κ2) is 9.41. The second-order valence-electron chi connectivity index (χ2n) is 8.65. The number of amides is 1. The van der Waals surface area contributed by atoms with E-state index in [2.05, 4.69) is 4.98 Å². The van der Waals surface area contributed by atoms with E-state index < -0.39 is 17.0 Å².